The van der Waals surface area contributed by atoms with E-state index in [0.29, 0.717) is 11.5 Å². The minimum atomic E-state index is 0.00579. The first-order chi connectivity index (χ1) is 7.50. The van der Waals surface area contributed by atoms with Crippen LogP contribution in [0.2, 0.25) is 0 Å². The van der Waals surface area contributed by atoms with Crippen LogP contribution in [0.1, 0.15) is 47.2 Å². The van der Waals surface area contributed by atoms with Crippen molar-refractivity contribution < 1.29 is 9.21 Å². The fourth-order valence-corrected chi connectivity index (χ4v) is 2.12. The van der Waals surface area contributed by atoms with Crippen LogP contribution in [0.15, 0.2) is 4.42 Å². The van der Waals surface area contributed by atoms with Crippen LogP contribution < -0.4 is 5.32 Å². The van der Waals surface area contributed by atoms with Gasteiger partial charge in [-0.3, -0.25) is 4.79 Å². The zero-order chi connectivity index (χ0) is 11.9. The van der Waals surface area contributed by atoms with Gasteiger partial charge in [0.2, 0.25) is 0 Å². The molecule has 0 aliphatic heterocycles. The zero-order valence-electron chi connectivity index (χ0n) is 10.4. The molecule has 3 nitrogen and oxygen atoms in total. The van der Waals surface area contributed by atoms with Crippen molar-refractivity contribution in [2.75, 3.05) is 0 Å². The second-order valence-corrected chi connectivity index (χ2v) is 4.81. The van der Waals surface area contributed by atoms with Gasteiger partial charge in [0.15, 0.2) is 0 Å². The summed E-state index contributed by atoms with van der Waals surface area (Å²) in [5, 5.41) is 3.05. The lowest BCUT2D eigenvalue weighted by Gasteiger charge is -2.12. The summed E-state index contributed by atoms with van der Waals surface area (Å²) in [7, 11) is 0. The van der Waals surface area contributed by atoms with Crippen molar-refractivity contribution in [1.82, 2.24) is 5.32 Å². The minimum Gasteiger partial charge on any atom is -0.466 e. The number of carbonyl (C=O) groups is 1. The second-order valence-electron chi connectivity index (χ2n) is 4.81. The molecule has 1 aliphatic carbocycles. The number of hydrogen-bond donors (Lipinski definition) is 1. The number of amides is 1. The lowest BCUT2D eigenvalue weighted by Crippen LogP contribution is -2.34. The first-order valence-electron chi connectivity index (χ1n) is 5.88. The number of hydrogen-bond acceptors (Lipinski definition) is 2. The fourth-order valence-electron chi connectivity index (χ4n) is 2.12. The van der Waals surface area contributed by atoms with E-state index in [2.05, 4.69) is 12.2 Å². The Bertz CT molecular complexity index is 416. The Balaban J connectivity index is 2.13. The summed E-state index contributed by atoms with van der Waals surface area (Å²) in [6.45, 7) is 7.75. The van der Waals surface area contributed by atoms with Crippen LogP contribution in [0.3, 0.4) is 0 Å². The SMILES string of the molecule is Cc1oc(C)c(C(=O)NC(C)C2CC2)c1C. The van der Waals surface area contributed by atoms with Gasteiger partial charge in [-0.1, -0.05) is 0 Å². The van der Waals surface area contributed by atoms with Crippen LogP contribution in [0.25, 0.3) is 0 Å². The molecule has 0 aromatic carbocycles. The summed E-state index contributed by atoms with van der Waals surface area (Å²) >= 11 is 0. The summed E-state index contributed by atoms with van der Waals surface area (Å²) in [5.41, 5.74) is 1.67. The number of furan rings is 1. The molecule has 1 aliphatic rings. The largest absolute Gasteiger partial charge is 0.466 e. The van der Waals surface area contributed by atoms with E-state index < -0.39 is 0 Å². The lowest BCUT2D eigenvalue weighted by molar-refractivity contribution is 0.0934. The van der Waals surface area contributed by atoms with Crippen LogP contribution in [0.4, 0.5) is 0 Å². The molecule has 0 spiro atoms. The molecule has 1 fully saturated rings. The quantitative estimate of drug-likeness (QED) is 0.852. The molecule has 0 radical (unpaired) electrons. The van der Waals surface area contributed by atoms with Crippen LogP contribution in [0, 0.1) is 26.7 Å². The van der Waals surface area contributed by atoms with Gasteiger partial charge in [-0.2, -0.15) is 0 Å². The highest BCUT2D eigenvalue weighted by atomic mass is 16.3. The lowest BCUT2D eigenvalue weighted by atomic mass is 10.1. The molecule has 88 valence electrons. The normalized spacial score (nSPS) is 17.2. The first kappa shape index (κ1) is 11.2. The third-order valence-electron chi connectivity index (χ3n) is 3.48. The van der Waals surface area contributed by atoms with Crippen LogP contribution in [-0.2, 0) is 0 Å². The Kier molecular flexibility index (Phi) is 2.78. The topological polar surface area (TPSA) is 42.2 Å². The Hall–Kier alpha value is -1.25. The Labute approximate surface area is 96.2 Å². The average molecular weight is 221 g/mol. The standard InChI is InChI=1S/C13H19NO2/c1-7-9(3)16-10(4)12(7)13(15)14-8(2)11-5-6-11/h8,11H,5-6H2,1-4H3,(H,14,15). The van der Waals surface area contributed by atoms with Gasteiger partial charge in [0, 0.05) is 11.6 Å². The van der Waals surface area contributed by atoms with Crippen molar-refractivity contribution in [3.05, 3.63) is 22.6 Å². The van der Waals surface area contributed by atoms with Crippen molar-refractivity contribution in [3.63, 3.8) is 0 Å². The molecule has 0 saturated heterocycles. The average Bonchev–Trinajstić information content (AvgIpc) is 2.96. The monoisotopic (exact) mass is 221 g/mol. The predicted octanol–water partition coefficient (Wildman–Crippen LogP) is 2.73. The van der Waals surface area contributed by atoms with Crippen LogP contribution in [-0.4, -0.2) is 11.9 Å². The van der Waals surface area contributed by atoms with E-state index in [0.717, 1.165) is 17.1 Å². The second kappa shape index (κ2) is 3.96. The third-order valence-corrected chi connectivity index (χ3v) is 3.48. The van der Waals surface area contributed by atoms with Gasteiger partial charge in [0.1, 0.15) is 11.5 Å². The Morgan fingerprint density at radius 1 is 1.31 bits per heavy atom. The number of nitrogens with one attached hydrogen (secondary N) is 1. The van der Waals surface area contributed by atoms with Gasteiger partial charge >= 0.3 is 0 Å². The Morgan fingerprint density at radius 3 is 2.38 bits per heavy atom. The van der Waals surface area contributed by atoms with Gasteiger partial charge in [0.25, 0.3) is 5.91 Å². The van der Waals surface area contributed by atoms with Gasteiger partial charge in [-0.05, 0) is 46.5 Å². The van der Waals surface area contributed by atoms with Crippen LogP contribution in [0.5, 0.6) is 0 Å². The predicted molar refractivity (Wildman–Crippen MR) is 62.6 cm³/mol. The van der Waals surface area contributed by atoms with Gasteiger partial charge in [0.05, 0.1) is 5.56 Å². The van der Waals surface area contributed by atoms with Crippen molar-refractivity contribution in [3.8, 4) is 0 Å². The third kappa shape index (κ3) is 1.99. The summed E-state index contributed by atoms with van der Waals surface area (Å²) in [6, 6.07) is 0.279. The van der Waals surface area contributed by atoms with Gasteiger partial charge in [-0.25, -0.2) is 0 Å². The van der Waals surface area contributed by atoms with E-state index in [1.54, 1.807) is 0 Å². The molecule has 0 bridgehead atoms. The molecule has 16 heavy (non-hydrogen) atoms. The van der Waals surface area contributed by atoms with Gasteiger partial charge in [-0.15, -0.1) is 0 Å². The molecule has 3 heteroatoms. The molecule has 1 aromatic heterocycles. The summed E-state index contributed by atoms with van der Waals surface area (Å²) in [5.74, 6) is 2.24. The summed E-state index contributed by atoms with van der Waals surface area (Å²) in [6.07, 6.45) is 2.48. The number of rotatable bonds is 3. The Morgan fingerprint density at radius 2 is 1.94 bits per heavy atom. The minimum absolute atomic E-state index is 0.00579. The molecule has 1 N–H and O–H groups in total. The molecular weight excluding hydrogens is 202 g/mol. The van der Waals surface area contributed by atoms with Crippen molar-refractivity contribution >= 4 is 5.91 Å². The molecule has 1 unspecified atom stereocenters. The van der Waals surface area contributed by atoms with E-state index in [1.165, 1.54) is 12.8 Å². The maximum Gasteiger partial charge on any atom is 0.255 e. The smallest absolute Gasteiger partial charge is 0.255 e. The molecule has 1 aromatic rings. The molecule has 1 heterocycles. The summed E-state index contributed by atoms with van der Waals surface area (Å²) in [4.78, 5) is 12.1. The van der Waals surface area contributed by atoms with E-state index in [1.807, 2.05) is 20.8 Å². The number of carbonyl (C=O) groups excluding carboxylic acids is 1. The summed E-state index contributed by atoms with van der Waals surface area (Å²) < 4.78 is 5.46. The fraction of sp³-hybridized carbons (Fsp3) is 0.615. The maximum atomic E-state index is 12.1. The highest BCUT2D eigenvalue weighted by Gasteiger charge is 2.30. The molecule has 1 amide bonds. The van der Waals surface area contributed by atoms with E-state index >= 15 is 0 Å². The number of aryl methyl sites for hydroxylation is 2. The highest BCUT2D eigenvalue weighted by molar-refractivity contribution is 5.97. The molecule has 1 atom stereocenters. The van der Waals surface area contributed by atoms with Crippen molar-refractivity contribution in [2.45, 2.75) is 46.6 Å². The van der Waals surface area contributed by atoms with E-state index in [-0.39, 0.29) is 11.9 Å². The molecule has 2 rings (SSSR count). The van der Waals surface area contributed by atoms with Crippen molar-refractivity contribution in [1.29, 1.82) is 0 Å². The molecule has 1 saturated carbocycles. The van der Waals surface area contributed by atoms with E-state index in [4.69, 9.17) is 4.42 Å². The van der Waals surface area contributed by atoms with Crippen LogP contribution >= 0.6 is 0 Å². The zero-order valence-corrected chi connectivity index (χ0v) is 10.4. The maximum absolute atomic E-state index is 12.1. The molecular formula is C13H19NO2. The highest BCUT2D eigenvalue weighted by Crippen LogP contribution is 2.32. The van der Waals surface area contributed by atoms with E-state index in [9.17, 15) is 4.79 Å². The first-order valence-corrected chi connectivity index (χ1v) is 5.88. The van der Waals surface area contributed by atoms with Gasteiger partial charge < -0.3 is 9.73 Å². The van der Waals surface area contributed by atoms with Crippen molar-refractivity contribution in [2.24, 2.45) is 5.92 Å².